The van der Waals surface area contributed by atoms with Gasteiger partial charge in [0.25, 0.3) is 0 Å². The number of rotatable bonds is 15. The maximum atomic E-state index is 10.7. The van der Waals surface area contributed by atoms with Crippen LogP contribution in [0.15, 0.2) is 0 Å². The second-order valence-corrected chi connectivity index (χ2v) is 6.73. The monoisotopic (exact) mass is 340 g/mol. The summed E-state index contributed by atoms with van der Waals surface area (Å²) in [6, 6.07) is 0. The van der Waals surface area contributed by atoms with Crippen molar-refractivity contribution in [3.63, 3.8) is 0 Å². The summed E-state index contributed by atoms with van der Waals surface area (Å²) in [6.07, 6.45) is 8.43. The van der Waals surface area contributed by atoms with E-state index in [2.05, 4.69) is 18.0 Å². The first-order valence-corrected chi connectivity index (χ1v) is 9.59. The average Bonchev–Trinajstić information content (AvgIpc) is 2.44. The number of ether oxygens (including phenoxy) is 2. The van der Waals surface area contributed by atoms with Crippen LogP contribution in [0.2, 0.25) is 0 Å². The summed E-state index contributed by atoms with van der Waals surface area (Å²) in [5.41, 5.74) is 0. The Kier molecular flexibility index (Phi) is 12.1. The third kappa shape index (κ3) is 13.5. The predicted molar refractivity (Wildman–Crippen MR) is 86.1 cm³/mol. The van der Waals surface area contributed by atoms with Gasteiger partial charge in [-0.05, 0) is 19.8 Å². The summed E-state index contributed by atoms with van der Waals surface area (Å²) >= 11 is 0. The molecule has 0 aromatic heterocycles. The second kappa shape index (κ2) is 12.2. The van der Waals surface area contributed by atoms with Crippen molar-refractivity contribution in [1.29, 1.82) is 0 Å². The molecule has 0 atom stereocenters. The largest absolute Gasteiger partial charge is 0.397 e. The fourth-order valence-corrected chi connectivity index (χ4v) is 2.30. The van der Waals surface area contributed by atoms with E-state index in [1.54, 1.807) is 6.92 Å². The van der Waals surface area contributed by atoms with E-state index in [0.717, 1.165) is 51.4 Å². The molecule has 0 saturated heterocycles. The third-order valence-electron chi connectivity index (χ3n) is 3.28. The SMILES string of the molecule is CCCCCCOC(C)(COS(=O)(=O)O)OCCCCCC. The standard InChI is InChI=1S/C15H32O6S/c1-4-6-8-10-12-19-15(3,14-21-22(16,17)18)20-13-11-9-7-5-2/h4-14H2,1-3H3,(H,16,17,18). The summed E-state index contributed by atoms with van der Waals surface area (Å²) in [4.78, 5) is 0. The lowest BCUT2D eigenvalue weighted by atomic mass is 10.2. The summed E-state index contributed by atoms with van der Waals surface area (Å²) in [5.74, 6) is -1.16. The van der Waals surface area contributed by atoms with E-state index in [1.807, 2.05) is 0 Å². The van der Waals surface area contributed by atoms with Crippen LogP contribution < -0.4 is 0 Å². The summed E-state index contributed by atoms with van der Waals surface area (Å²) < 4.78 is 45.9. The second-order valence-electron chi connectivity index (χ2n) is 5.64. The van der Waals surface area contributed by atoms with Crippen molar-refractivity contribution < 1.29 is 26.6 Å². The lowest BCUT2D eigenvalue weighted by Crippen LogP contribution is -2.39. The first-order chi connectivity index (χ1) is 10.3. The molecule has 0 radical (unpaired) electrons. The minimum absolute atomic E-state index is 0.354. The van der Waals surface area contributed by atoms with E-state index in [4.69, 9.17) is 14.0 Å². The predicted octanol–water partition coefficient (Wildman–Crippen LogP) is 3.72. The van der Waals surface area contributed by atoms with Crippen molar-refractivity contribution in [2.24, 2.45) is 0 Å². The molecule has 134 valence electrons. The van der Waals surface area contributed by atoms with Gasteiger partial charge in [-0.3, -0.25) is 4.55 Å². The molecule has 22 heavy (non-hydrogen) atoms. The fraction of sp³-hybridized carbons (Fsp3) is 1.00. The zero-order valence-corrected chi connectivity index (χ0v) is 15.0. The van der Waals surface area contributed by atoms with Gasteiger partial charge in [-0.15, -0.1) is 0 Å². The van der Waals surface area contributed by atoms with Crippen molar-refractivity contribution in [2.45, 2.75) is 77.9 Å². The van der Waals surface area contributed by atoms with Crippen molar-refractivity contribution >= 4 is 10.4 Å². The number of unbranched alkanes of at least 4 members (excludes halogenated alkanes) is 6. The minimum atomic E-state index is -4.50. The Labute approximate surface area is 135 Å². The molecule has 0 aliphatic carbocycles. The Morgan fingerprint density at radius 1 is 0.864 bits per heavy atom. The molecule has 6 nitrogen and oxygen atoms in total. The molecule has 0 aliphatic heterocycles. The topological polar surface area (TPSA) is 82.1 Å². The van der Waals surface area contributed by atoms with Crippen LogP contribution in [-0.2, 0) is 24.1 Å². The maximum Gasteiger partial charge on any atom is 0.397 e. The molecular weight excluding hydrogens is 308 g/mol. The summed E-state index contributed by atoms with van der Waals surface area (Å²) in [7, 11) is -4.50. The van der Waals surface area contributed by atoms with Crippen molar-refractivity contribution in [3.8, 4) is 0 Å². The van der Waals surface area contributed by atoms with E-state index >= 15 is 0 Å². The zero-order valence-electron chi connectivity index (χ0n) is 14.2. The highest BCUT2D eigenvalue weighted by Gasteiger charge is 2.28. The first kappa shape index (κ1) is 21.8. The van der Waals surface area contributed by atoms with E-state index in [0.29, 0.717) is 13.2 Å². The van der Waals surface area contributed by atoms with Gasteiger partial charge in [0, 0.05) is 0 Å². The van der Waals surface area contributed by atoms with Gasteiger partial charge in [0.2, 0.25) is 0 Å². The molecule has 0 aromatic carbocycles. The Balaban J connectivity index is 4.22. The van der Waals surface area contributed by atoms with E-state index in [1.165, 1.54) is 0 Å². The van der Waals surface area contributed by atoms with Gasteiger partial charge in [0.05, 0.1) is 13.2 Å². The molecule has 1 N–H and O–H groups in total. The van der Waals surface area contributed by atoms with Crippen LogP contribution in [0.1, 0.15) is 72.1 Å². The maximum absolute atomic E-state index is 10.7. The Morgan fingerprint density at radius 2 is 1.32 bits per heavy atom. The van der Waals surface area contributed by atoms with Crippen LogP contribution in [0.5, 0.6) is 0 Å². The van der Waals surface area contributed by atoms with Gasteiger partial charge >= 0.3 is 10.4 Å². The molecular formula is C15H32O6S. The molecule has 0 amide bonds. The fourth-order valence-electron chi connectivity index (χ4n) is 1.94. The molecule has 0 bridgehead atoms. The van der Waals surface area contributed by atoms with E-state index < -0.39 is 16.2 Å². The molecule has 0 unspecified atom stereocenters. The number of hydrogen-bond acceptors (Lipinski definition) is 5. The molecule has 0 aromatic rings. The summed E-state index contributed by atoms with van der Waals surface area (Å²) in [5, 5.41) is 0. The van der Waals surface area contributed by atoms with E-state index in [9.17, 15) is 8.42 Å². The minimum Gasteiger partial charge on any atom is -0.348 e. The van der Waals surface area contributed by atoms with Crippen LogP contribution in [-0.4, -0.2) is 38.6 Å². The average molecular weight is 340 g/mol. The molecule has 7 heteroatoms. The highest BCUT2D eigenvalue weighted by atomic mass is 32.3. The Hall–Kier alpha value is -0.210. The van der Waals surface area contributed by atoms with Crippen molar-refractivity contribution in [3.05, 3.63) is 0 Å². The molecule has 0 aliphatic rings. The highest BCUT2D eigenvalue weighted by Crippen LogP contribution is 2.17. The molecule has 0 fully saturated rings. The molecule has 0 rings (SSSR count). The van der Waals surface area contributed by atoms with Crippen molar-refractivity contribution in [2.75, 3.05) is 19.8 Å². The Bertz CT molecular complexity index is 341. The van der Waals surface area contributed by atoms with Gasteiger partial charge in [-0.2, -0.15) is 8.42 Å². The lowest BCUT2D eigenvalue weighted by molar-refractivity contribution is -0.240. The van der Waals surface area contributed by atoms with Gasteiger partial charge in [-0.1, -0.05) is 52.4 Å². The van der Waals surface area contributed by atoms with Crippen molar-refractivity contribution in [1.82, 2.24) is 0 Å². The Morgan fingerprint density at radius 3 is 1.68 bits per heavy atom. The van der Waals surface area contributed by atoms with Crippen LogP contribution in [0.3, 0.4) is 0 Å². The van der Waals surface area contributed by atoms with Crippen LogP contribution in [0.25, 0.3) is 0 Å². The third-order valence-corrected chi connectivity index (χ3v) is 3.70. The molecule has 0 saturated carbocycles. The number of hydrogen-bond donors (Lipinski definition) is 1. The van der Waals surface area contributed by atoms with Gasteiger partial charge in [0.1, 0.15) is 6.61 Å². The lowest BCUT2D eigenvalue weighted by Gasteiger charge is -2.29. The molecule has 0 spiro atoms. The van der Waals surface area contributed by atoms with Crippen LogP contribution in [0.4, 0.5) is 0 Å². The quantitative estimate of drug-likeness (QED) is 0.278. The normalized spacial score (nSPS) is 12.7. The van der Waals surface area contributed by atoms with E-state index in [-0.39, 0.29) is 6.61 Å². The van der Waals surface area contributed by atoms with Gasteiger partial charge in [0.15, 0.2) is 5.79 Å². The summed E-state index contributed by atoms with van der Waals surface area (Å²) in [6.45, 7) is 6.49. The van der Waals surface area contributed by atoms with Gasteiger partial charge in [-0.25, -0.2) is 4.18 Å². The smallest absolute Gasteiger partial charge is 0.348 e. The van der Waals surface area contributed by atoms with Crippen LogP contribution in [0, 0.1) is 0 Å². The molecule has 0 heterocycles. The van der Waals surface area contributed by atoms with Gasteiger partial charge < -0.3 is 9.47 Å². The zero-order chi connectivity index (χ0) is 16.9. The highest BCUT2D eigenvalue weighted by molar-refractivity contribution is 7.80. The first-order valence-electron chi connectivity index (χ1n) is 8.22. The van der Waals surface area contributed by atoms with Crippen LogP contribution >= 0.6 is 0 Å².